The minimum atomic E-state index is -0.368. The molecule has 2 N–H and O–H groups in total. The summed E-state index contributed by atoms with van der Waals surface area (Å²) in [5, 5.41) is 12.0. The maximum atomic E-state index is 11.9. The minimum Gasteiger partial charge on any atom is -0.391 e. The van der Waals surface area contributed by atoms with Crippen molar-refractivity contribution < 1.29 is 14.7 Å². The third kappa shape index (κ3) is 2.28. The number of carbonyl (C=O) groups is 2. The van der Waals surface area contributed by atoms with Gasteiger partial charge >= 0.3 is 0 Å². The lowest BCUT2D eigenvalue weighted by Crippen LogP contribution is -2.44. The second-order valence-corrected chi connectivity index (χ2v) is 4.27. The second-order valence-electron chi connectivity index (χ2n) is 4.27. The molecule has 0 aromatic heterocycles. The van der Waals surface area contributed by atoms with E-state index in [0.29, 0.717) is 38.9 Å². The fourth-order valence-electron chi connectivity index (χ4n) is 2.14. The number of aliphatic hydroxyl groups excluding tert-OH is 1. The van der Waals surface area contributed by atoms with E-state index in [1.807, 2.05) is 0 Å². The average molecular weight is 212 g/mol. The highest BCUT2D eigenvalue weighted by Crippen LogP contribution is 2.17. The largest absolute Gasteiger partial charge is 0.391 e. The maximum absolute atomic E-state index is 11.9. The number of nitrogens with one attached hydrogen (secondary N) is 1. The van der Waals surface area contributed by atoms with Gasteiger partial charge < -0.3 is 15.3 Å². The van der Waals surface area contributed by atoms with Crippen LogP contribution < -0.4 is 5.32 Å². The molecule has 2 aliphatic heterocycles. The average Bonchev–Trinajstić information content (AvgIpc) is 2.65. The van der Waals surface area contributed by atoms with Crippen molar-refractivity contribution in [2.75, 3.05) is 19.6 Å². The molecule has 5 heteroatoms. The van der Waals surface area contributed by atoms with Gasteiger partial charge in [-0.3, -0.25) is 9.59 Å². The Hall–Kier alpha value is -1.10. The molecule has 2 saturated heterocycles. The van der Waals surface area contributed by atoms with Crippen molar-refractivity contribution in [2.45, 2.75) is 25.4 Å². The monoisotopic (exact) mass is 212 g/mol. The Morgan fingerprint density at radius 1 is 1.47 bits per heavy atom. The van der Waals surface area contributed by atoms with Crippen LogP contribution in [0.2, 0.25) is 0 Å². The molecule has 0 saturated carbocycles. The first-order valence-electron chi connectivity index (χ1n) is 5.40. The van der Waals surface area contributed by atoms with Crippen molar-refractivity contribution >= 4 is 11.8 Å². The van der Waals surface area contributed by atoms with Crippen LogP contribution in [0.3, 0.4) is 0 Å². The summed E-state index contributed by atoms with van der Waals surface area (Å²) in [5.41, 5.74) is 0. The van der Waals surface area contributed by atoms with E-state index in [9.17, 15) is 14.7 Å². The lowest BCUT2D eigenvalue weighted by molar-refractivity contribution is -0.136. The van der Waals surface area contributed by atoms with Gasteiger partial charge in [-0.1, -0.05) is 0 Å². The Morgan fingerprint density at radius 2 is 2.27 bits per heavy atom. The van der Waals surface area contributed by atoms with E-state index in [2.05, 4.69) is 5.32 Å². The molecule has 2 aliphatic rings. The Labute approximate surface area is 88.4 Å². The summed E-state index contributed by atoms with van der Waals surface area (Å²) in [6.45, 7) is 1.54. The van der Waals surface area contributed by atoms with Crippen molar-refractivity contribution in [2.24, 2.45) is 5.92 Å². The van der Waals surface area contributed by atoms with Crippen molar-refractivity contribution in [1.29, 1.82) is 0 Å². The number of aliphatic hydroxyl groups is 1. The highest BCUT2D eigenvalue weighted by atomic mass is 16.3. The van der Waals surface area contributed by atoms with Gasteiger partial charge in [-0.15, -0.1) is 0 Å². The molecule has 0 radical (unpaired) electrons. The third-order valence-electron chi connectivity index (χ3n) is 3.09. The number of hydrogen-bond donors (Lipinski definition) is 2. The molecule has 84 valence electrons. The molecular formula is C10H16N2O3. The van der Waals surface area contributed by atoms with Gasteiger partial charge in [0.15, 0.2) is 0 Å². The van der Waals surface area contributed by atoms with Crippen LogP contribution in [0.15, 0.2) is 0 Å². The highest BCUT2D eigenvalue weighted by molar-refractivity contribution is 5.83. The summed E-state index contributed by atoms with van der Waals surface area (Å²) in [7, 11) is 0. The SMILES string of the molecule is O=C1CCC(C(=O)N2CC[C@H](O)C2)CN1. The first kappa shape index (κ1) is 10.4. The van der Waals surface area contributed by atoms with Crippen LogP contribution in [0.4, 0.5) is 0 Å². The number of piperidine rings is 1. The van der Waals surface area contributed by atoms with E-state index < -0.39 is 0 Å². The van der Waals surface area contributed by atoms with Gasteiger partial charge in [-0.2, -0.15) is 0 Å². The van der Waals surface area contributed by atoms with Crippen LogP contribution in [-0.2, 0) is 9.59 Å². The standard InChI is InChI=1S/C10H16N2O3/c13-8-3-4-12(6-8)10(15)7-1-2-9(14)11-5-7/h7-8,13H,1-6H2,(H,11,14)/t7?,8-/m0/s1. The Kier molecular flexibility index (Phi) is 2.90. The summed E-state index contributed by atoms with van der Waals surface area (Å²) in [5.74, 6) is 0.0139. The fraction of sp³-hybridized carbons (Fsp3) is 0.800. The maximum Gasteiger partial charge on any atom is 0.227 e. The lowest BCUT2D eigenvalue weighted by atomic mass is 9.98. The van der Waals surface area contributed by atoms with E-state index in [-0.39, 0.29) is 23.8 Å². The number of nitrogens with zero attached hydrogens (tertiary/aromatic N) is 1. The minimum absolute atomic E-state index is 0.0282. The normalized spacial score (nSPS) is 31.5. The molecule has 0 aromatic carbocycles. The van der Waals surface area contributed by atoms with Crippen molar-refractivity contribution in [1.82, 2.24) is 10.2 Å². The van der Waals surface area contributed by atoms with Gasteiger partial charge in [0.1, 0.15) is 0 Å². The molecule has 15 heavy (non-hydrogen) atoms. The summed E-state index contributed by atoms with van der Waals surface area (Å²) in [6, 6.07) is 0. The second kappa shape index (κ2) is 4.18. The topological polar surface area (TPSA) is 69.6 Å². The van der Waals surface area contributed by atoms with Gasteiger partial charge in [0.05, 0.1) is 12.0 Å². The van der Waals surface area contributed by atoms with E-state index in [1.165, 1.54) is 0 Å². The van der Waals surface area contributed by atoms with Crippen LogP contribution >= 0.6 is 0 Å². The van der Waals surface area contributed by atoms with Crippen LogP contribution in [-0.4, -0.2) is 47.6 Å². The van der Waals surface area contributed by atoms with Crippen LogP contribution in [0.1, 0.15) is 19.3 Å². The molecule has 2 heterocycles. The Morgan fingerprint density at radius 3 is 2.80 bits per heavy atom. The molecule has 2 fully saturated rings. The Balaban J connectivity index is 1.88. The predicted octanol–water partition coefficient (Wildman–Crippen LogP) is -0.894. The van der Waals surface area contributed by atoms with E-state index in [0.717, 1.165) is 0 Å². The van der Waals surface area contributed by atoms with Crippen molar-refractivity contribution in [3.63, 3.8) is 0 Å². The molecule has 0 aromatic rings. The third-order valence-corrected chi connectivity index (χ3v) is 3.09. The zero-order chi connectivity index (χ0) is 10.8. The van der Waals surface area contributed by atoms with Gasteiger partial charge in [-0.25, -0.2) is 0 Å². The summed E-state index contributed by atoms with van der Waals surface area (Å²) in [4.78, 5) is 24.5. The fourth-order valence-corrected chi connectivity index (χ4v) is 2.14. The molecule has 5 nitrogen and oxygen atoms in total. The number of carbonyl (C=O) groups excluding carboxylic acids is 2. The molecule has 0 spiro atoms. The Bertz CT molecular complexity index is 270. The highest BCUT2D eigenvalue weighted by Gasteiger charge is 2.31. The van der Waals surface area contributed by atoms with Gasteiger partial charge in [0.2, 0.25) is 11.8 Å². The first-order chi connectivity index (χ1) is 7.16. The quantitative estimate of drug-likeness (QED) is 0.592. The molecule has 0 aliphatic carbocycles. The zero-order valence-corrected chi connectivity index (χ0v) is 8.61. The van der Waals surface area contributed by atoms with Crippen molar-refractivity contribution in [3.05, 3.63) is 0 Å². The molecule has 2 amide bonds. The molecule has 2 rings (SSSR count). The zero-order valence-electron chi connectivity index (χ0n) is 8.61. The van der Waals surface area contributed by atoms with Crippen LogP contribution in [0.5, 0.6) is 0 Å². The lowest BCUT2D eigenvalue weighted by Gasteiger charge is -2.26. The number of β-amino-alcohol motifs (C(OH)–C–C–N with tert-alkyl or cyclic N) is 1. The number of rotatable bonds is 1. The molecule has 2 atom stereocenters. The smallest absolute Gasteiger partial charge is 0.227 e. The molecule has 0 bridgehead atoms. The summed E-state index contributed by atoms with van der Waals surface area (Å²) >= 11 is 0. The van der Waals surface area contributed by atoms with E-state index in [1.54, 1.807) is 4.90 Å². The van der Waals surface area contributed by atoms with E-state index in [4.69, 9.17) is 0 Å². The van der Waals surface area contributed by atoms with Gasteiger partial charge in [0, 0.05) is 26.1 Å². The van der Waals surface area contributed by atoms with E-state index >= 15 is 0 Å². The molecule has 1 unspecified atom stereocenters. The van der Waals surface area contributed by atoms with Crippen molar-refractivity contribution in [3.8, 4) is 0 Å². The predicted molar refractivity (Wildman–Crippen MR) is 52.9 cm³/mol. The van der Waals surface area contributed by atoms with Crippen LogP contribution in [0, 0.1) is 5.92 Å². The first-order valence-corrected chi connectivity index (χ1v) is 5.40. The van der Waals surface area contributed by atoms with Gasteiger partial charge in [0.25, 0.3) is 0 Å². The number of amides is 2. The number of likely N-dealkylation sites (tertiary alicyclic amines) is 1. The summed E-state index contributed by atoms with van der Waals surface area (Å²) in [6.07, 6.45) is 1.38. The van der Waals surface area contributed by atoms with Gasteiger partial charge in [-0.05, 0) is 12.8 Å². The van der Waals surface area contributed by atoms with Crippen LogP contribution in [0.25, 0.3) is 0 Å². The molecular weight excluding hydrogens is 196 g/mol. The number of hydrogen-bond acceptors (Lipinski definition) is 3. The summed E-state index contributed by atoms with van der Waals surface area (Å²) < 4.78 is 0.